The van der Waals surface area contributed by atoms with E-state index in [0.29, 0.717) is 11.6 Å². The molecule has 1 unspecified atom stereocenters. The average Bonchev–Trinajstić information content (AvgIpc) is 2.40. The zero-order valence-corrected chi connectivity index (χ0v) is 10.8. The first-order valence-electron chi connectivity index (χ1n) is 6.52. The molecule has 2 N–H and O–H groups in total. The second-order valence-corrected chi connectivity index (χ2v) is 4.77. The van der Waals surface area contributed by atoms with Crippen LogP contribution in [-0.4, -0.2) is 32.3 Å². The second kappa shape index (κ2) is 6.83. The van der Waals surface area contributed by atoms with Crippen molar-refractivity contribution >= 4 is 0 Å². The minimum Gasteiger partial charge on any atom is -0.379 e. The van der Waals surface area contributed by atoms with Crippen molar-refractivity contribution < 1.29 is 9.13 Å². The molecule has 1 heterocycles. The number of halogens is 1. The maximum atomic E-state index is 13.1. The summed E-state index contributed by atoms with van der Waals surface area (Å²) in [4.78, 5) is 0. The van der Waals surface area contributed by atoms with Gasteiger partial charge in [-0.1, -0.05) is 12.1 Å². The fourth-order valence-electron chi connectivity index (χ4n) is 2.13. The van der Waals surface area contributed by atoms with Crippen molar-refractivity contribution in [2.24, 2.45) is 0 Å². The first kappa shape index (κ1) is 13.5. The van der Waals surface area contributed by atoms with E-state index in [1.165, 1.54) is 6.07 Å². The molecular formula is C14H21FN2O. The van der Waals surface area contributed by atoms with E-state index in [1.807, 2.05) is 12.1 Å². The van der Waals surface area contributed by atoms with E-state index >= 15 is 0 Å². The lowest BCUT2D eigenvalue weighted by Gasteiger charge is -2.23. The van der Waals surface area contributed by atoms with Crippen LogP contribution in [0.2, 0.25) is 0 Å². The van der Waals surface area contributed by atoms with Gasteiger partial charge in [0.15, 0.2) is 0 Å². The van der Waals surface area contributed by atoms with Gasteiger partial charge in [0.1, 0.15) is 5.82 Å². The van der Waals surface area contributed by atoms with Crippen LogP contribution >= 0.6 is 0 Å². The Morgan fingerprint density at radius 3 is 3.11 bits per heavy atom. The molecule has 100 valence electrons. The summed E-state index contributed by atoms with van der Waals surface area (Å²) >= 11 is 0. The summed E-state index contributed by atoms with van der Waals surface area (Å²) < 4.78 is 18.5. The van der Waals surface area contributed by atoms with Crippen molar-refractivity contribution in [1.82, 2.24) is 10.6 Å². The normalized spacial score (nSPS) is 20.0. The standard InChI is InChI=1S/C14H21FN2O/c1-11-8-12(2-3-14(11)15)9-16-5-4-13-10-18-7-6-17-13/h2-3,8,13,16-17H,4-7,9-10H2,1H3. The molecule has 1 fully saturated rings. The summed E-state index contributed by atoms with van der Waals surface area (Å²) in [6, 6.07) is 5.71. The Bertz CT molecular complexity index is 378. The molecule has 0 spiro atoms. The number of rotatable bonds is 5. The van der Waals surface area contributed by atoms with Crippen LogP contribution in [0, 0.1) is 12.7 Å². The van der Waals surface area contributed by atoms with Crippen LogP contribution in [0.1, 0.15) is 17.5 Å². The number of nitrogens with one attached hydrogen (secondary N) is 2. The molecule has 3 nitrogen and oxygen atoms in total. The van der Waals surface area contributed by atoms with E-state index < -0.39 is 0 Å². The van der Waals surface area contributed by atoms with E-state index in [9.17, 15) is 4.39 Å². The maximum Gasteiger partial charge on any atom is 0.126 e. The Labute approximate surface area is 108 Å². The number of hydrogen-bond acceptors (Lipinski definition) is 3. The van der Waals surface area contributed by atoms with Gasteiger partial charge in [-0.15, -0.1) is 0 Å². The van der Waals surface area contributed by atoms with Gasteiger partial charge < -0.3 is 15.4 Å². The van der Waals surface area contributed by atoms with Gasteiger partial charge in [0.05, 0.1) is 13.2 Å². The molecule has 0 aromatic heterocycles. The molecule has 0 radical (unpaired) electrons. The Balaban J connectivity index is 1.66. The third-order valence-corrected chi connectivity index (χ3v) is 3.22. The smallest absolute Gasteiger partial charge is 0.126 e. The summed E-state index contributed by atoms with van der Waals surface area (Å²) in [5, 5.41) is 6.80. The highest BCUT2D eigenvalue weighted by Gasteiger charge is 2.11. The predicted octanol–water partition coefficient (Wildman–Crippen LogP) is 1.60. The average molecular weight is 252 g/mol. The molecule has 1 saturated heterocycles. The number of morpholine rings is 1. The van der Waals surface area contributed by atoms with Crippen molar-refractivity contribution in [1.29, 1.82) is 0 Å². The van der Waals surface area contributed by atoms with Crippen molar-refractivity contribution in [3.63, 3.8) is 0 Å². The molecule has 1 aromatic carbocycles. The number of benzene rings is 1. The zero-order chi connectivity index (χ0) is 12.8. The number of ether oxygens (including phenoxy) is 1. The molecule has 0 bridgehead atoms. The van der Waals surface area contributed by atoms with Crippen LogP contribution in [0.5, 0.6) is 0 Å². The van der Waals surface area contributed by atoms with Gasteiger partial charge in [0, 0.05) is 19.1 Å². The molecular weight excluding hydrogens is 231 g/mol. The molecule has 0 amide bonds. The second-order valence-electron chi connectivity index (χ2n) is 4.77. The first-order valence-corrected chi connectivity index (χ1v) is 6.52. The van der Waals surface area contributed by atoms with Crippen LogP contribution < -0.4 is 10.6 Å². The topological polar surface area (TPSA) is 33.3 Å². The lowest BCUT2D eigenvalue weighted by atomic mass is 10.1. The highest BCUT2D eigenvalue weighted by atomic mass is 19.1. The molecule has 4 heteroatoms. The Kier molecular flexibility index (Phi) is 5.11. The van der Waals surface area contributed by atoms with Crippen LogP contribution in [-0.2, 0) is 11.3 Å². The van der Waals surface area contributed by atoms with Crippen LogP contribution in [0.4, 0.5) is 4.39 Å². The summed E-state index contributed by atoms with van der Waals surface area (Å²) in [6.45, 7) is 6.09. The van der Waals surface area contributed by atoms with Crippen molar-refractivity contribution in [3.05, 3.63) is 35.1 Å². The van der Waals surface area contributed by atoms with Crippen LogP contribution in [0.15, 0.2) is 18.2 Å². The monoisotopic (exact) mass is 252 g/mol. The zero-order valence-electron chi connectivity index (χ0n) is 10.8. The van der Waals surface area contributed by atoms with Gasteiger partial charge in [-0.3, -0.25) is 0 Å². The molecule has 18 heavy (non-hydrogen) atoms. The van der Waals surface area contributed by atoms with Gasteiger partial charge in [0.25, 0.3) is 0 Å². The Morgan fingerprint density at radius 2 is 2.39 bits per heavy atom. The van der Waals surface area contributed by atoms with Crippen LogP contribution in [0.3, 0.4) is 0 Å². The largest absolute Gasteiger partial charge is 0.379 e. The van der Waals surface area contributed by atoms with Crippen molar-refractivity contribution in [3.8, 4) is 0 Å². The lowest BCUT2D eigenvalue weighted by Crippen LogP contribution is -2.42. The molecule has 0 saturated carbocycles. The van der Waals surface area contributed by atoms with Crippen LogP contribution in [0.25, 0.3) is 0 Å². The van der Waals surface area contributed by atoms with Crippen molar-refractivity contribution in [2.45, 2.75) is 25.9 Å². The minimum absolute atomic E-state index is 0.137. The van der Waals surface area contributed by atoms with Gasteiger partial charge in [-0.2, -0.15) is 0 Å². The van der Waals surface area contributed by atoms with E-state index in [4.69, 9.17) is 4.74 Å². The lowest BCUT2D eigenvalue weighted by molar-refractivity contribution is 0.0742. The van der Waals surface area contributed by atoms with Gasteiger partial charge >= 0.3 is 0 Å². The third kappa shape index (κ3) is 4.05. The van der Waals surface area contributed by atoms with E-state index in [0.717, 1.165) is 44.8 Å². The highest BCUT2D eigenvalue weighted by Crippen LogP contribution is 2.08. The fraction of sp³-hybridized carbons (Fsp3) is 0.571. The number of hydrogen-bond donors (Lipinski definition) is 2. The van der Waals surface area contributed by atoms with Gasteiger partial charge in [-0.25, -0.2) is 4.39 Å². The molecule has 1 aliphatic heterocycles. The summed E-state index contributed by atoms with van der Waals surface area (Å²) in [5.74, 6) is -0.137. The first-order chi connectivity index (χ1) is 8.75. The van der Waals surface area contributed by atoms with Gasteiger partial charge in [0.2, 0.25) is 0 Å². The SMILES string of the molecule is Cc1cc(CNCCC2COCCN2)ccc1F. The van der Waals surface area contributed by atoms with E-state index in [-0.39, 0.29) is 5.82 Å². The van der Waals surface area contributed by atoms with Gasteiger partial charge in [-0.05, 0) is 37.1 Å². The van der Waals surface area contributed by atoms with Crippen molar-refractivity contribution in [2.75, 3.05) is 26.3 Å². The molecule has 1 aliphatic rings. The molecule has 1 aromatic rings. The molecule has 2 rings (SSSR count). The maximum absolute atomic E-state index is 13.1. The third-order valence-electron chi connectivity index (χ3n) is 3.22. The molecule has 1 atom stereocenters. The summed E-state index contributed by atoms with van der Waals surface area (Å²) in [7, 11) is 0. The minimum atomic E-state index is -0.137. The predicted molar refractivity (Wildman–Crippen MR) is 70.1 cm³/mol. The molecule has 0 aliphatic carbocycles. The van der Waals surface area contributed by atoms with E-state index in [2.05, 4.69) is 10.6 Å². The Hall–Kier alpha value is -0.970. The number of aryl methyl sites for hydroxylation is 1. The quantitative estimate of drug-likeness (QED) is 0.781. The fourth-order valence-corrected chi connectivity index (χ4v) is 2.13. The summed E-state index contributed by atoms with van der Waals surface area (Å²) in [5.41, 5.74) is 1.83. The summed E-state index contributed by atoms with van der Waals surface area (Å²) in [6.07, 6.45) is 1.06. The highest BCUT2D eigenvalue weighted by molar-refractivity contribution is 5.23. The Morgan fingerprint density at radius 1 is 1.50 bits per heavy atom. The van der Waals surface area contributed by atoms with E-state index in [1.54, 1.807) is 6.92 Å².